The monoisotopic (exact) mass is 423 g/mol. The highest BCUT2D eigenvalue weighted by Gasteiger charge is 2.42. The van der Waals surface area contributed by atoms with Crippen LogP contribution in [0, 0.1) is 11.2 Å². The van der Waals surface area contributed by atoms with Gasteiger partial charge in [0.15, 0.2) is 0 Å². The molecule has 2 amide bonds. The van der Waals surface area contributed by atoms with E-state index in [9.17, 15) is 14.0 Å². The van der Waals surface area contributed by atoms with E-state index in [-0.39, 0.29) is 23.4 Å². The standard InChI is InChI=1S/C25H30FN3O2/c1-25(12-14-28(15-13-25)23(30)20-10-6-7-11-21(20)26)24(31)29-17-16-27(2)22(18-29)19-8-4-3-5-9-19/h3-11,22H,12-18H2,1-2H3/t22-/m0/s1. The molecule has 6 heteroatoms. The van der Waals surface area contributed by atoms with Gasteiger partial charge in [0.25, 0.3) is 5.91 Å². The van der Waals surface area contributed by atoms with Crippen LogP contribution in [0.1, 0.15) is 41.7 Å². The summed E-state index contributed by atoms with van der Waals surface area (Å²) in [7, 11) is 2.11. The number of carbonyl (C=O) groups is 2. The van der Waals surface area contributed by atoms with E-state index < -0.39 is 11.2 Å². The van der Waals surface area contributed by atoms with Crippen molar-refractivity contribution in [3.05, 3.63) is 71.5 Å². The van der Waals surface area contributed by atoms with Gasteiger partial charge in [0.1, 0.15) is 5.82 Å². The van der Waals surface area contributed by atoms with Crippen molar-refractivity contribution < 1.29 is 14.0 Å². The predicted octanol–water partition coefficient (Wildman–Crippen LogP) is 3.58. The zero-order valence-corrected chi connectivity index (χ0v) is 18.3. The Balaban J connectivity index is 1.41. The van der Waals surface area contributed by atoms with Crippen molar-refractivity contribution in [2.24, 2.45) is 5.41 Å². The minimum absolute atomic E-state index is 0.0993. The summed E-state index contributed by atoms with van der Waals surface area (Å²) in [4.78, 5) is 32.2. The summed E-state index contributed by atoms with van der Waals surface area (Å²) in [6.45, 7) is 5.16. The number of piperidine rings is 1. The largest absolute Gasteiger partial charge is 0.339 e. The molecule has 0 spiro atoms. The summed E-state index contributed by atoms with van der Waals surface area (Å²) in [5, 5.41) is 0. The van der Waals surface area contributed by atoms with E-state index >= 15 is 0 Å². The molecular weight excluding hydrogens is 393 g/mol. The molecule has 2 fully saturated rings. The van der Waals surface area contributed by atoms with Gasteiger partial charge in [-0.2, -0.15) is 0 Å². The van der Waals surface area contributed by atoms with E-state index in [2.05, 4.69) is 24.1 Å². The van der Waals surface area contributed by atoms with Gasteiger partial charge < -0.3 is 9.80 Å². The lowest BCUT2D eigenvalue weighted by atomic mass is 9.78. The van der Waals surface area contributed by atoms with Crippen LogP contribution in [0.3, 0.4) is 0 Å². The van der Waals surface area contributed by atoms with E-state index in [0.29, 0.717) is 39.0 Å². The number of amides is 2. The molecule has 0 bridgehead atoms. The molecule has 2 heterocycles. The number of rotatable bonds is 3. The van der Waals surface area contributed by atoms with Gasteiger partial charge in [-0.05, 0) is 37.6 Å². The number of benzene rings is 2. The molecular formula is C25H30FN3O2. The van der Waals surface area contributed by atoms with Crippen LogP contribution >= 0.6 is 0 Å². The zero-order chi connectivity index (χ0) is 22.0. The Morgan fingerprint density at radius 3 is 2.23 bits per heavy atom. The Kier molecular flexibility index (Phi) is 6.10. The van der Waals surface area contributed by atoms with Gasteiger partial charge in [-0.1, -0.05) is 49.4 Å². The molecule has 0 aromatic heterocycles. The Labute approximate surface area is 183 Å². The second-order valence-corrected chi connectivity index (χ2v) is 8.99. The topological polar surface area (TPSA) is 43.9 Å². The molecule has 1 atom stereocenters. The van der Waals surface area contributed by atoms with Crippen LogP contribution in [0.15, 0.2) is 54.6 Å². The maximum atomic E-state index is 14.0. The van der Waals surface area contributed by atoms with Crippen LogP contribution in [0.5, 0.6) is 0 Å². The van der Waals surface area contributed by atoms with E-state index in [1.165, 1.54) is 17.7 Å². The van der Waals surface area contributed by atoms with Crippen molar-refractivity contribution in [1.29, 1.82) is 0 Å². The van der Waals surface area contributed by atoms with Gasteiger partial charge in [0, 0.05) is 38.1 Å². The minimum Gasteiger partial charge on any atom is -0.339 e. The normalized spacial score (nSPS) is 21.7. The predicted molar refractivity (Wildman–Crippen MR) is 118 cm³/mol. The molecule has 0 aliphatic carbocycles. The molecule has 2 aromatic rings. The fourth-order valence-electron chi connectivity index (χ4n) is 4.70. The Bertz CT molecular complexity index is 941. The number of halogens is 1. The maximum Gasteiger partial charge on any atom is 0.256 e. The van der Waals surface area contributed by atoms with Gasteiger partial charge in [-0.3, -0.25) is 14.5 Å². The average Bonchev–Trinajstić information content (AvgIpc) is 2.80. The quantitative estimate of drug-likeness (QED) is 0.758. The Morgan fingerprint density at radius 1 is 0.903 bits per heavy atom. The van der Waals surface area contributed by atoms with Crippen molar-refractivity contribution in [3.63, 3.8) is 0 Å². The number of likely N-dealkylation sites (tertiary alicyclic amines) is 1. The third-order valence-electron chi connectivity index (χ3n) is 6.89. The van der Waals surface area contributed by atoms with Crippen LogP contribution in [0.4, 0.5) is 4.39 Å². The van der Waals surface area contributed by atoms with Gasteiger partial charge in [-0.25, -0.2) is 4.39 Å². The lowest BCUT2D eigenvalue weighted by molar-refractivity contribution is -0.146. The summed E-state index contributed by atoms with van der Waals surface area (Å²) in [5.74, 6) is -0.628. The third-order valence-corrected chi connectivity index (χ3v) is 6.89. The molecule has 2 aromatic carbocycles. The number of likely N-dealkylation sites (N-methyl/N-ethyl adjacent to an activating group) is 1. The molecule has 0 unspecified atom stereocenters. The van der Waals surface area contributed by atoms with Crippen molar-refractivity contribution >= 4 is 11.8 Å². The van der Waals surface area contributed by atoms with E-state index in [0.717, 1.165) is 6.54 Å². The highest BCUT2D eigenvalue weighted by Crippen LogP contribution is 2.35. The highest BCUT2D eigenvalue weighted by atomic mass is 19.1. The Hall–Kier alpha value is -2.73. The summed E-state index contributed by atoms with van der Waals surface area (Å²) in [6.07, 6.45) is 1.18. The molecule has 2 aliphatic rings. The molecule has 0 N–H and O–H groups in total. The van der Waals surface area contributed by atoms with Gasteiger partial charge in [0.2, 0.25) is 5.91 Å². The van der Waals surface area contributed by atoms with Crippen LogP contribution in [0.25, 0.3) is 0 Å². The first-order valence-corrected chi connectivity index (χ1v) is 11.0. The van der Waals surface area contributed by atoms with Crippen LogP contribution in [-0.2, 0) is 4.79 Å². The van der Waals surface area contributed by atoms with Gasteiger partial charge in [0.05, 0.1) is 11.6 Å². The summed E-state index contributed by atoms with van der Waals surface area (Å²) in [6, 6.07) is 16.6. The number of nitrogens with zero attached hydrogens (tertiary/aromatic N) is 3. The van der Waals surface area contributed by atoms with E-state index in [4.69, 9.17) is 0 Å². The van der Waals surface area contributed by atoms with Crippen molar-refractivity contribution in [2.75, 3.05) is 39.8 Å². The molecule has 31 heavy (non-hydrogen) atoms. The van der Waals surface area contributed by atoms with Crippen LogP contribution in [0.2, 0.25) is 0 Å². The SMILES string of the molecule is CN1CCN(C(=O)C2(C)CCN(C(=O)c3ccccc3F)CC2)C[C@H]1c1ccccc1. The lowest BCUT2D eigenvalue weighted by Gasteiger charge is -2.45. The minimum atomic E-state index is -0.499. The summed E-state index contributed by atoms with van der Waals surface area (Å²) in [5.41, 5.74) is 0.823. The van der Waals surface area contributed by atoms with Crippen LogP contribution < -0.4 is 0 Å². The fraction of sp³-hybridized carbons (Fsp3) is 0.440. The van der Waals surface area contributed by atoms with Gasteiger partial charge in [-0.15, -0.1) is 0 Å². The summed E-state index contributed by atoms with van der Waals surface area (Å²) >= 11 is 0. The van der Waals surface area contributed by atoms with Crippen molar-refractivity contribution in [2.45, 2.75) is 25.8 Å². The first-order valence-electron chi connectivity index (χ1n) is 11.0. The van der Waals surface area contributed by atoms with Crippen LogP contribution in [-0.4, -0.2) is 66.3 Å². The van der Waals surface area contributed by atoms with Crippen molar-refractivity contribution in [3.8, 4) is 0 Å². The second kappa shape index (κ2) is 8.79. The van der Waals surface area contributed by atoms with E-state index in [1.54, 1.807) is 17.0 Å². The van der Waals surface area contributed by atoms with Gasteiger partial charge >= 0.3 is 0 Å². The maximum absolute atomic E-state index is 14.0. The molecule has 4 rings (SSSR count). The number of piperazine rings is 1. The first-order chi connectivity index (χ1) is 14.9. The summed E-state index contributed by atoms with van der Waals surface area (Å²) < 4.78 is 14.0. The molecule has 0 saturated carbocycles. The molecule has 2 aliphatic heterocycles. The number of hydrogen-bond donors (Lipinski definition) is 0. The first kappa shape index (κ1) is 21.5. The second-order valence-electron chi connectivity index (χ2n) is 8.99. The van der Waals surface area contributed by atoms with E-state index in [1.807, 2.05) is 30.0 Å². The number of hydrogen-bond acceptors (Lipinski definition) is 3. The smallest absolute Gasteiger partial charge is 0.256 e. The fourth-order valence-corrected chi connectivity index (χ4v) is 4.70. The zero-order valence-electron chi connectivity index (χ0n) is 18.3. The van der Waals surface area contributed by atoms with Crippen molar-refractivity contribution in [1.82, 2.24) is 14.7 Å². The highest BCUT2D eigenvalue weighted by molar-refractivity contribution is 5.94. The number of carbonyl (C=O) groups excluding carboxylic acids is 2. The Morgan fingerprint density at radius 2 is 1.55 bits per heavy atom. The average molecular weight is 424 g/mol. The molecule has 0 radical (unpaired) electrons. The third kappa shape index (κ3) is 4.35. The molecule has 2 saturated heterocycles. The molecule has 5 nitrogen and oxygen atoms in total. The lowest BCUT2D eigenvalue weighted by Crippen LogP contribution is -2.55. The molecule has 164 valence electrons.